The van der Waals surface area contributed by atoms with E-state index in [0.29, 0.717) is 13.0 Å². The van der Waals surface area contributed by atoms with Gasteiger partial charge in [0.15, 0.2) is 0 Å². The van der Waals surface area contributed by atoms with E-state index in [0.717, 1.165) is 25.0 Å². The van der Waals surface area contributed by atoms with E-state index in [1.165, 1.54) is 0 Å². The van der Waals surface area contributed by atoms with E-state index in [4.69, 9.17) is 10.5 Å². The average molecular weight is 292 g/mol. The Morgan fingerprint density at radius 2 is 2.29 bits per heavy atom. The summed E-state index contributed by atoms with van der Waals surface area (Å²) in [6.45, 7) is 3.77. The fourth-order valence-electron chi connectivity index (χ4n) is 3.01. The van der Waals surface area contributed by atoms with E-state index in [1.807, 2.05) is 12.2 Å². The fourth-order valence-corrected chi connectivity index (χ4v) is 3.01. The molecule has 2 rings (SSSR count). The summed E-state index contributed by atoms with van der Waals surface area (Å²) in [6.07, 6.45) is 9.47. The number of carbonyl (C=O) groups is 2. The van der Waals surface area contributed by atoms with Crippen molar-refractivity contribution in [2.45, 2.75) is 51.6 Å². The summed E-state index contributed by atoms with van der Waals surface area (Å²) in [5.41, 5.74) is 6.88. The number of likely N-dealkylation sites (tertiary alicyclic amines) is 1. The standard InChI is InChI=1S/C16H24N2O3/c1-3-21-16(20)11(2)18-14-10-5-4-7-12(14)8-6-9-13(17)15(18)19/h4-5,10-13H,3,6-9,17H2,1-2H3. The number of allylic oxidation sites excluding steroid dienone is 4. The number of nitrogens with zero attached hydrogens (tertiary/aromatic N) is 1. The van der Waals surface area contributed by atoms with Crippen molar-refractivity contribution in [2.24, 2.45) is 11.7 Å². The minimum Gasteiger partial charge on any atom is -0.464 e. The van der Waals surface area contributed by atoms with E-state index in [-0.39, 0.29) is 17.8 Å². The lowest BCUT2D eigenvalue weighted by atomic mass is 9.87. The largest absolute Gasteiger partial charge is 0.464 e. The van der Waals surface area contributed by atoms with Gasteiger partial charge < -0.3 is 15.4 Å². The van der Waals surface area contributed by atoms with E-state index >= 15 is 0 Å². The third-order valence-electron chi connectivity index (χ3n) is 4.16. The normalized spacial score (nSPS) is 27.3. The van der Waals surface area contributed by atoms with E-state index in [1.54, 1.807) is 18.7 Å². The third kappa shape index (κ3) is 3.35. The lowest BCUT2D eigenvalue weighted by molar-refractivity contribution is -0.153. The van der Waals surface area contributed by atoms with Gasteiger partial charge in [-0.15, -0.1) is 0 Å². The zero-order valence-corrected chi connectivity index (χ0v) is 12.7. The average Bonchev–Trinajstić information content (AvgIpc) is 2.47. The summed E-state index contributed by atoms with van der Waals surface area (Å²) >= 11 is 0. The van der Waals surface area contributed by atoms with Gasteiger partial charge in [-0.25, -0.2) is 4.79 Å². The molecule has 1 aliphatic heterocycles. The van der Waals surface area contributed by atoms with Crippen LogP contribution in [-0.2, 0) is 14.3 Å². The number of fused-ring (bicyclic) bond motifs is 1. The molecule has 1 fully saturated rings. The molecule has 116 valence electrons. The van der Waals surface area contributed by atoms with Gasteiger partial charge in [0.1, 0.15) is 6.04 Å². The molecule has 1 heterocycles. The molecule has 0 bridgehead atoms. The van der Waals surface area contributed by atoms with Crippen LogP contribution in [0.15, 0.2) is 23.9 Å². The van der Waals surface area contributed by atoms with Crippen molar-refractivity contribution in [1.82, 2.24) is 4.90 Å². The zero-order chi connectivity index (χ0) is 15.4. The number of amides is 1. The van der Waals surface area contributed by atoms with Gasteiger partial charge in [0, 0.05) is 11.6 Å². The number of esters is 1. The lowest BCUT2D eigenvalue weighted by Crippen LogP contribution is -2.52. The van der Waals surface area contributed by atoms with Crippen molar-refractivity contribution in [1.29, 1.82) is 0 Å². The Kier molecular flexibility index (Phi) is 5.17. The van der Waals surface area contributed by atoms with Gasteiger partial charge in [0.25, 0.3) is 0 Å². The summed E-state index contributed by atoms with van der Waals surface area (Å²) < 4.78 is 5.07. The highest BCUT2D eigenvalue weighted by Crippen LogP contribution is 2.32. The first-order valence-electron chi connectivity index (χ1n) is 7.68. The van der Waals surface area contributed by atoms with Crippen molar-refractivity contribution in [2.75, 3.05) is 6.61 Å². The van der Waals surface area contributed by atoms with Crippen LogP contribution in [-0.4, -0.2) is 35.5 Å². The minimum absolute atomic E-state index is 0.179. The number of hydrogen-bond acceptors (Lipinski definition) is 4. The molecular weight excluding hydrogens is 268 g/mol. The lowest BCUT2D eigenvalue weighted by Gasteiger charge is -2.38. The second-order valence-corrected chi connectivity index (χ2v) is 5.63. The smallest absolute Gasteiger partial charge is 0.328 e. The topological polar surface area (TPSA) is 72.6 Å². The number of rotatable bonds is 3. The Morgan fingerprint density at radius 1 is 1.52 bits per heavy atom. The number of nitrogens with two attached hydrogens (primary N) is 1. The van der Waals surface area contributed by atoms with Gasteiger partial charge in [-0.1, -0.05) is 18.6 Å². The van der Waals surface area contributed by atoms with Gasteiger partial charge in [-0.2, -0.15) is 0 Å². The van der Waals surface area contributed by atoms with Gasteiger partial charge in [0.2, 0.25) is 5.91 Å². The number of ether oxygens (including phenoxy) is 1. The van der Waals surface area contributed by atoms with Crippen LogP contribution in [0.3, 0.4) is 0 Å². The highest BCUT2D eigenvalue weighted by Gasteiger charge is 2.37. The van der Waals surface area contributed by atoms with Gasteiger partial charge in [0.05, 0.1) is 12.6 Å². The van der Waals surface area contributed by atoms with Crippen LogP contribution < -0.4 is 5.73 Å². The molecule has 0 aromatic carbocycles. The Labute approximate surface area is 125 Å². The SMILES string of the molecule is CCOC(=O)C(C)N1C(=O)C(N)CCCC2CC=CC=C21. The molecular formula is C16H24N2O3. The molecule has 1 amide bonds. The van der Waals surface area contributed by atoms with Gasteiger partial charge in [-0.3, -0.25) is 4.79 Å². The quantitative estimate of drug-likeness (QED) is 0.804. The molecule has 0 aromatic heterocycles. The van der Waals surface area contributed by atoms with Crippen LogP contribution in [0.1, 0.15) is 39.5 Å². The molecule has 0 spiro atoms. The van der Waals surface area contributed by atoms with Crippen LogP contribution in [0.2, 0.25) is 0 Å². The van der Waals surface area contributed by atoms with Crippen molar-refractivity contribution < 1.29 is 14.3 Å². The third-order valence-corrected chi connectivity index (χ3v) is 4.16. The summed E-state index contributed by atoms with van der Waals surface area (Å²) in [4.78, 5) is 26.3. The molecule has 1 aliphatic carbocycles. The predicted octanol–water partition coefficient (Wildman–Crippen LogP) is 1.74. The molecule has 2 N–H and O–H groups in total. The molecule has 0 aromatic rings. The molecule has 21 heavy (non-hydrogen) atoms. The molecule has 1 saturated heterocycles. The highest BCUT2D eigenvalue weighted by molar-refractivity contribution is 5.89. The van der Waals surface area contributed by atoms with E-state index < -0.39 is 12.1 Å². The molecule has 0 saturated carbocycles. The molecule has 3 atom stereocenters. The summed E-state index contributed by atoms with van der Waals surface area (Å²) in [5.74, 6) is -0.280. The second kappa shape index (κ2) is 6.89. The first-order chi connectivity index (χ1) is 10.1. The maximum absolute atomic E-state index is 12.6. The molecule has 5 heteroatoms. The summed E-state index contributed by atoms with van der Waals surface area (Å²) in [5, 5.41) is 0. The van der Waals surface area contributed by atoms with Crippen LogP contribution in [0, 0.1) is 5.92 Å². The van der Waals surface area contributed by atoms with E-state index in [2.05, 4.69) is 6.08 Å². The Hall–Kier alpha value is -1.62. The number of carbonyl (C=O) groups excluding carboxylic acids is 2. The Bertz CT molecular complexity index is 470. The van der Waals surface area contributed by atoms with Crippen molar-refractivity contribution >= 4 is 11.9 Å². The van der Waals surface area contributed by atoms with Crippen LogP contribution in [0.4, 0.5) is 0 Å². The fraction of sp³-hybridized carbons (Fsp3) is 0.625. The predicted molar refractivity (Wildman–Crippen MR) is 80.1 cm³/mol. The summed E-state index contributed by atoms with van der Waals surface area (Å²) in [6, 6.07) is -1.18. The zero-order valence-electron chi connectivity index (χ0n) is 12.7. The van der Waals surface area contributed by atoms with Crippen molar-refractivity contribution in [3.05, 3.63) is 23.9 Å². The molecule has 2 aliphatic rings. The maximum atomic E-state index is 12.6. The molecule has 3 unspecified atom stereocenters. The van der Waals surface area contributed by atoms with Crippen LogP contribution >= 0.6 is 0 Å². The monoisotopic (exact) mass is 292 g/mol. The highest BCUT2D eigenvalue weighted by atomic mass is 16.5. The van der Waals surface area contributed by atoms with Crippen molar-refractivity contribution in [3.63, 3.8) is 0 Å². The maximum Gasteiger partial charge on any atom is 0.328 e. The van der Waals surface area contributed by atoms with Crippen molar-refractivity contribution in [3.8, 4) is 0 Å². The Morgan fingerprint density at radius 3 is 3.00 bits per heavy atom. The van der Waals surface area contributed by atoms with Gasteiger partial charge in [-0.05, 0) is 39.2 Å². The first kappa shape index (κ1) is 15.8. The summed E-state index contributed by atoms with van der Waals surface area (Å²) in [7, 11) is 0. The van der Waals surface area contributed by atoms with Crippen LogP contribution in [0.5, 0.6) is 0 Å². The number of hydrogen-bond donors (Lipinski definition) is 1. The van der Waals surface area contributed by atoms with E-state index in [9.17, 15) is 9.59 Å². The molecule has 0 radical (unpaired) electrons. The van der Waals surface area contributed by atoms with Gasteiger partial charge >= 0.3 is 5.97 Å². The minimum atomic E-state index is -0.637. The molecule has 5 nitrogen and oxygen atoms in total. The first-order valence-corrected chi connectivity index (χ1v) is 7.68. The second-order valence-electron chi connectivity index (χ2n) is 5.63. The Balaban J connectivity index is 2.33. The van der Waals surface area contributed by atoms with Crippen LogP contribution in [0.25, 0.3) is 0 Å².